The van der Waals surface area contributed by atoms with Gasteiger partial charge in [-0.25, -0.2) is 4.79 Å². The first-order valence-electron chi connectivity index (χ1n) is 12.9. The Labute approximate surface area is 220 Å². The number of benzene rings is 2. The van der Waals surface area contributed by atoms with Crippen LogP contribution in [0.1, 0.15) is 52.9 Å². The largest absolute Gasteiger partial charge is 0.349 e. The number of hydrogen-bond donors (Lipinski definition) is 1. The first-order chi connectivity index (χ1) is 18.0. The smallest absolute Gasteiger partial charge is 0.333 e. The Morgan fingerprint density at radius 3 is 2.68 bits per heavy atom. The second-order valence-electron chi connectivity index (χ2n) is 10.2. The maximum atomic E-state index is 13.7. The Kier molecular flexibility index (Phi) is 6.21. The highest BCUT2D eigenvalue weighted by Crippen LogP contribution is 2.29. The lowest BCUT2D eigenvalue weighted by molar-refractivity contribution is 0.0919. The average molecular weight is 513 g/mol. The lowest BCUT2D eigenvalue weighted by atomic mass is 9.85. The fraction of sp³-hybridized carbons (Fsp3) is 0.300. The number of rotatable bonds is 5. The number of aromatic nitrogens is 3. The molecule has 2 aliphatic carbocycles. The summed E-state index contributed by atoms with van der Waals surface area (Å²) < 4.78 is 3.78. The molecule has 0 radical (unpaired) electrons. The van der Waals surface area contributed by atoms with Gasteiger partial charge in [0.25, 0.3) is 5.91 Å². The zero-order valence-electron chi connectivity index (χ0n) is 20.8. The van der Waals surface area contributed by atoms with Crippen LogP contribution in [0.2, 0.25) is 5.02 Å². The lowest BCUT2D eigenvalue weighted by Crippen LogP contribution is -2.39. The Balaban J connectivity index is 1.19. The number of hydrogen-bond acceptors (Lipinski definition) is 3. The molecule has 1 N–H and O–H groups in total. The van der Waals surface area contributed by atoms with Gasteiger partial charge in [0.05, 0.1) is 33.0 Å². The molecule has 0 aliphatic heterocycles. The average Bonchev–Trinajstić information content (AvgIpc) is 3.48. The number of nitrogens with zero attached hydrogens (tertiary/aromatic N) is 3. The summed E-state index contributed by atoms with van der Waals surface area (Å²) in [4.78, 5) is 30.7. The summed E-state index contributed by atoms with van der Waals surface area (Å²) in [7, 11) is 0. The van der Waals surface area contributed by atoms with Crippen molar-refractivity contribution in [1.82, 2.24) is 19.4 Å². The van der Waals surface area contributed by atoms with Gasteiger partial charge in [0.1, 0.15) is 0 Å². The van der Waals surface area contributed by atoms with E-state index in [1.54, 1.807) is 12.3 Å². The number of pyridine rings is 1. The monoisotopic (exact) mass is 512 g/mol. The first kappa shape index (κ1) is 23.7. The van der Waals surface area contributed by atoms with Crippen LogP contribution in [0.15, 0.2) is 65.6 Å². The van der Waals surface area contributed by atoms with E-state index in [2.05, 4.69) is 34.6 Å². The molecular weight excluding hydrogens is 484 g/mol. The van der Waals surface area contributed by atoms with Gasteiger partial charge < -0.3 is 5.32 Å². The summed E-state index contributed by atoms with van der Waals surface area (Å²) in [5.74, 6) is 0.253. The number of nitrogens with one attached hydrogen (secondary N) is 1. The molecule has 37 heavy (non-hydrogen) atoms. The van der Waals surface area contributed by atoms with Crippen LogP contribution in [0.4, 0.5) is 0 Å². The number of carbonyl (C=O) groups excluding carboxylic acids is 1. The van der Waals surface area contributed by atoms with E-state index < -0.39 is 0 Å². The summed E-state index contributed by atoms with van der Waals surface area (Å²) in [6, 6.07) is 16.1. The summed E-state index contributed by atoms with van der Waals surface area (Å²) in [5.41, 5.74) is 6.50. The van der Waals surface area contributed by atoms with Gasteiger partial charge in [-0.3, -0.25) is 18.9 Å². The van der Waals surface area contributed by atoms with Crippen molar-refractivity contribution in [2.75, 3.05) is 0 Å². The van der Waals surface area contributed by atoms with Crippen LogP contribution in [0.3, 0.4) is 0 Å². The Bertz CT molecular complexity index is 1590. The molecule has 0 bridgehead atoms. The van der Waals surface area contributed by atoms with Gasteiger partial charge in [0.15, 0.2) is 0 Å². The normalized spacial score (nSPS) is 18.8. The van der Waals surface area contributed by atoms with Crippen LogP contribution in [0, 0.1) is 12.8 Å². The van der Waals surface area contributed by atoms with Crippen molar-refractivity contribution in [1.29, 1.82) is 0 Å². The fourth-order valence-electron chi connectivity index (χ4n) is 5.77. The Morgan fingerprint density at radius 2 is 1.86 bits per heavy atom. The van der Waals surface area contributed by atoms with Gasteiger partial charge in [-0.05, 0) is 86.4 Å². The Hall–Kier alpha value is -3.64. The van der Waals surface area contributed by atoms with E-state index in [4.69, 9.17) is 11.6 Å². The van der Waals surface area contributed by atoms with E-state index in [1.807, 2.05) is 46.4 Å². The number of fused-ring (bicyclic) bond motifs is 2. The minimum absolute atomic E-state index is 0.00599. The van der Waals surface area contributed by atoms with Crippen LogP contribution in [0.25, 0.3) is 22.8 Å². The van der Waals surface area contributed by atoms with Gasteiger partial charge in [-0.1, -0.05) is 42.0 Å². The highest BCUT2D eigenvalue weighted by Gasteiger charge is 2.26. The fourth-order valence-corrected chi connectivity index (χ4v) is 5.92. The molecule has 2 aromatic carbocycles. The van der Waals surface area contributed by atoms with Crippen molar-refractivity contribution in [3.63, 3.8) is 0 Å². The van der Waals surface area contributed by atoms with Crippen LogP contribution in [-0.2, 0) is 13.0 Å². The summed E-state index contributed by atoms with van der Waals surface area (Å²) >= 11 is 6.04. The van der Waals surface area contributed by atoms with Crippen molar-refractivity contribution < 1.29 is 4.79 Å². The van der Waals surface area contributed by atoms with E-state index in [-0.39, 0.29) is 17.6 Å². The molecule has 0 spiro atoms. The quantitative estimate of drug-likeness (QED) is 0.372. The molecule has 188 valence electrons. The van der Waals surface area contributed by atoms with Gasteiger partial charge in [-0.2, -0.15) is 0 Å². The van der Waals surface area contributed by atoms with Crippen molar-refractivity contribution in [3.8, 4) is 5.69 Å². The summed E-state index contributed by atoms with van der Waals surface area (Å²) in [6.07, 6.45) is 10.4. The number of aryl methyl sites for hydroxylation is 1. The van der Waals surface area contributed by atoms with Crippen molar-refractivity contribution in [3.05, 3.63) is 98.7 Å². The molecule has 1 amide bonds. The van der Waals surface area contributed by atoms with Crippen molar-refractivity contribution in [2.24, 2.45) is 5.92 Å². The molecule has 7 heteroatoms. The van der Waals surface area contributed by atoms with Gasteiger partial charge in [0, 0.05) is 18.8 Å². The maximum Gasteiger partial charge on any atom is 0.333 e. The zero-order valence-corrected chi connectivity index (χ0v) is 21.5. The van der Waals surface area contributed by atoms with Crippen LogP contribution < -0.4 is 11.0 Å². The van der Waals surface area contributed by atoms with Gasteiger partial charge in [0.2, 0.25) is 0 Å². The zero-order chi connectivity index (χ0) is 25.5. The highest BCUT2D eigenvalue weighted by molar-refractivity contribution is 6.30. The van der Waals surface area contributed by atoms with Gasteiger partial charge >= 0.3 is 5.69 Å². The third-order valence-electron chi connectivity index (χ3n) is 7.78. The third kappa shape index (κ3) is 4.51. The number of carbonyl (C=O) groups is 1. The second-order valence-corrected chi connectivity index (χ2v) is 10.6. The maximum absolute atomic E-state index is 13.7. The van der Waals surface area contributed by atoms with Crippen LogP contribution in [0.5, 0.6) is 0 Å². The number of amides is 1. The number of imidazole rings is 1. The van der Waals surface area contributed by atoms with E-state index in [9.17, 15) is 9.59 Å². The minimum atomic E-state index is -0.125. The number of para-hydroxylation sites is 2. The van der Waals surface area contributed by atoms with E-state index in [1.165, 1.54) is 11.1 Å². The number of allylic oxidation sites excluding steroid dienone is 1. The Morgan fingerprint density at radius 1 is 1.08 bits per heavy atom. The summed E-state index contributed by atoms with van der Waals surface area (Å²) in [5, 5.41) is 3.62. The SMILES string of the molecule is Cc1ncc(Cl)cc1C(=O)NC1CCC(Cn2c(=O)n(-c3ccc4c(c3)CC=C4)c3ccccc32)CC1. The molecule has 6 nitrogen and oxygen atoms in total. The van der Waals surface area contributed by atoms with Crippen molar-refractivity contribution >= 4 is 34.6 Å². The molecule has 1 fully saturated rings. The van der Waals surface area contributed by atoms with Gasteiger partial charge in [-0.15, -0.1) is 0 Å². The van der Waals surface area contributed by atoms with Crippen molar-refractivity contribution in [2.45, 2.75) is 51.6 Å². The molecular formula is C30H29ClN4O2. The molecule has 1 saturated carbocycles. The molecule has 0 unspecified atom stereocenters. The molecule has 4 aromatic rings. The topological polar surface area (TPSA) is 68.9 Å². The number of halogens is 1. The lowest BCUT2D eigenvalue weighted by Gasteiger charge is -2.29. The standard InChI is InChI=1S/C30H29ClN4O2/c1-19-26(16-23(31)17-32-19)29(36)33-24-12-9-20(10-13-24)18-34-27-7-2-3-8-28(27)35(30(34)37)25-14-11-21-5-4-6-22(21)15-25/h2-5,7-8,11,14-17,20,24H,6,9-10,12-13,18H2,1H3,(H,33,36). The molecule has 6 rings (SSSR count). The third-order valence-corrected chi connectivity index (χ3v) is 7.98. The predicted octanol–water partition coefficient (Wildman–Crippen LogP) is 5.71. The predicted molar refractivity (Wildman–Crippen MR) is 147 cm³/mol. The molecule has 2 heterocycles. The summed E-state index contributed by atoms with van der Waals surface area (Å²) in [6.45, 7) is 2.49. The van der Waals surface area contributed by atoms with Crippen LogP contribution in [-0.4, -0.2) is 26.1 Å². The molecule has 2 aliphatic rings. The van der Waals surface area contributed by atoms with E-state index in [0.29, 0.717) is 28.7 Å². The highest BCUT2D eigenvalue weighted by atomic mass is 35.5. The second kappa shape index (κ2) is 9.67. The van der Waals surface area contributed by atoms with Crippen LogP contribution >= 0.6 is 11.6 Å². The first-order valence-corrected chi connectivity index (χ1v) is 13.3. The molecule has 0 atom stereocenters. The molecule has 0 saturated heterocycles. The van der Waals surface area contributed by atoms with E-state index in [0.717, 1.165) is 48.8 Å². The van der Waals surface area contributed by atoms with E-state index >= 15 is 0 Å². The minimum Gasteiger partial charge on any atom is -0.349 e. The molecule has 2 aromatic heterocycles.